The van der Waals surface area contributed by atoms with E-state index in [9.17, 15) is 14.9 Å². The highest BCUT2D eigenvalue weighted by atomic mass is 35.5. The van der Waals surface area contributed by atoms with E-state index in [4.69, 9.17) is 11.6 Å². The molecule has 0 spiro atoms. The molecule has 0 unspecified atom stereocenters. The summed E-state index contributed by atoms with van der Waals surface area (Å²) in [6, 6.07) is 16.5. The Hall–Kier alpha value is -3.98. The molecule has 0 aliphatic heterocycles. The second-order valence-electron chi connectivity index (χ2n) is 6.73. The highest BCUT2D eigenvalue weighted by Crippen LogP contribution is 2.28. The van der Waals surface area contributed by atoms with Gasteiger partial charge in [0, 0.05) is 23.3 Å². The largest absolute Gasteiger partial charge is 0.350 e. The van der Waals surface area contributed by atoms with Crippen molar-refractivity contribution in [3.8, 4) is 16.9 Å². The fraction of sp³-hybridized carbons (Fsp3) is 0.0952. The third-order valence-electron chi connectivity index (χ3n) is 4.52. The summed E-state index contributed by atoms with van der Waals surface area (Å²) in [6.45, 7) is 0.164. The molecule has 4 rings (SSSR count). The molecule has 0 atom stereocenters. The molecule has 31 heavy (non-hydrogen) atoms. The lowest BCUT2D eigenvalue weighted by Gasteiger charge is -2.05. The maximum Gasteiger partial charge on any atom is 0.315 e. The monoisotopic (exact) mass is 436 g/mol. The third-order valence-corrected chi connectivity index (χ3v) is 4.78. The van der Waals surface area contributed by atoms with Crippen LogP contribution in [0, 0.1) is 10.1 Å². The topological polar surface area (TPSA) is 108 Å². The summed E-state index contributed by atoms with van der Waals surface area (Å²) < 4.78 is 2.86. The molecule has 4 aromatic rings. The number of para-hydroxylation sites is 1. The minimum absolute atomic E-state index is 0.151. The lowest BCUT2D eigenvalue weighted by molar-refractivity contribution is -0.384. The molecule has 156 valence electrons. The number of aromatic nitrogens is 4. The number of nitrogens with zero attached hydrogens (tertiary/aromatic N) is 5. The van der Waals surface area contributed by atoms with Crippen LogP contribution in [0.4, 0.5) is 5.69 Å². The molecular formula is C21H17ClN6O3. The van der Waals surface area contributed by atoms with Crippen LogP contribution < -0.4 is 5.32 Å². The van der Waals surface area contributed by atoms with Crippen molar-refractivity contribution in [3.63, 3.8) is 0 Å². The molecule has 0 aliphatic rings. The van der Waals surface area contributed by atoms with Crippen molar-refractivity contribution in [1.82, 2.24) is 24.9 Å². The smallest absolute Gasteiger partial charge is 0.315 e. The van der Waals surface area contributed by atoms with Crippen LogP contribution in [0.1, 0.15) is 5.56 Å². The van der Waals surface area contributed by atoms with Crippen LogP contribution in [0.25, 0.3) is 16.9 Å². The first-order valence-electron chi connectivity index (χ1n) is 9.33. The number of carbonyl (C=O) groups excluding carboxylic acids is 1. The first-order chi connectivity index (χ1) is 15.0. The second kappa shape index (κ2) is 8.80. The van der Waals surface area contributed by atoms with Crippen molar-refractivity contribution in [2.45, 2.75) is 13.1 Å². The van der Waals surface area contributed by atoms with Crippen LogP contribution in [-0.4, -0.2) is 30.4 Å². The van der Waals surface area contributed by atoms with Gasteiger partial charge in [-0.1, -0.05) is 41.9 Å². The number of nitro groups is 1. The minimum Gasteiger partial charge on any atom is -0.350 e. The molecule has 10 heteroatoms. The summed E-state index contributed by atoms with van der Waals surface area (Å²) >= 11 is 5.85. The van der Waals surface area contributed by atoms with Gasteiger partial charge in [0.25, 0.3) is 0 Å². The van der Waals surface area contributed by atoms with Gasteiger partial charge in [0.05, 0.1) is 16.8 Å². The second-order valence-corrected chi connectivity index (χ2v) is 7.17. The summed E-state index contributed by atoms with van der Waals surface area (Å²) in [4.78, 5) is 23.3. The number of carbonyl (C=O) groups is 1. The Morgan fingerprint density at radius 1 is 1.10 bits per heavy atom. The summed E-state index contributed by atoms with van der Waals surface area (Å²) in [5.41, 5.74) is 2.14. The minimum atomic E-state index is -0.524. The number of benzene rings is 2. The van der Waals surface area contributed by atoms with Crippen LogP contribution in [0.15, 0.2) is 73.2 Å². The summed E-state index contributed by atoms with van der Waals surface area (Å²) in [5.74, 6) is -0.320. The van der Waals surface area contributed by atoms with Crippen molar-refractivity contribution in [2.75, 3.05) is 0 Å². The molecule has 0 saturated carbocycles. The lowest BCUT2D eigenvalue weighted by Crippen LogP contribution is -2.27. The Balaban J connectivity index is 1.50. The van der Waals surface area contributed by atoms with Crippen LogP contribution in [0.2, 0.25) is 5.02 Å². The number of rotatable bonds is 7. The van der Waals surface area contributed by atoms with Crippen LogP contribution in [0.5, 0.6) is 0 Å². The van der Waals surface area contributed by atoms with Crippen molar-refractivity contribution in [2.24, 2.45) is 0 Å². The van der Waals surface area contributed by atoms with E-state index in [1.165, 1.54) is 17.1 Å². The molecule has 9 nitrogen and oxygen atoms in total. The van der Waals surface area contributed by atoms with Gasteiger partial charge >= 0.3 is 5.69 Å². The standard InChI is InChI=1S/C21H17ClN6O3/c22-17-8-6-15(7-9-17)10-23-20(29)14-26-13-19(28(30)31)21(25-26)16-11-24-27(12-16)18-4-2-1-3-5-18/h1-9,11-13H,10,14H2,(H,23,29). The average molecular weight is 437 g/mol. The molecule has 0 bridgehead atoms. The van der Waals surface area contributed by atoms with Gasteiger partial charge in [-0.15, -0.1) is 0 Å². The predicted molar refractivity (Wildman–Crippen MR) is 115 cm³/mol. The zero-order valence-corrected chi connectivity index (χ0v) is 16.9. The van der Waals surface area contributed by atoms with E-state index < -0.39 is 4.92 Å². The number of halogens is 1. The molecule has 2 aromatic carbocycles. The van der Waals surface area contributed by atoms with Gasteiger partial charge in [0.1, 0.15) is 12.7 Å². The zero-order chi connectivity index (χ0) is 21.8. The first kappa shape index (κ1) is 20.3. The van der Waals surface area contributed by atoms with E-state index in [2.05, 4.69) is 15.5 Å². The maximum absolute atomic E-state index is 12.3. The zero-order valence-electron chi connectivity index (χ0n) is 16.2. The van der Waals surface area contributed by atoms with Crippen LogP contribution >= 0.6 is 11.6 Å². The summed E-state index contributed by atoms with van der Waals surface area (Å²) in [5, 5.41) is 23.4. The maximum atomic E-state index is 12.3. The van der Waals surface area contributed by atoms with Gasteiger partial charge < -0.3 is 5.32 Å². The van der Waals surface area contributed by atoms with Gasteiger partial charge in [0.15, 0.2) is 5.69 Å². The molecule has 0 radical (unpaired) electrons. The molecule has 2 heterocycles. The molecule has 0 aliphatic carbocycles. The third kappa shape index (κ3) is 4.78. The van der Waals surface area contributed by atoms with E-state index in [1.807, 2.05) is 42.5 Å². The fourth-order valence-corrected chi connectivity index (χ4v) is 3.13. The van der Waals surface area contributed by atoms with Gasteiger partial charge in [-0.25, -0.2) is 4.68 Å². The van der Waals surface area contributed by atoms with E-state index in [0.29, 0.717) is 17.1 Å². The molecule has 0 saturated heterocycles. The van der Waals surface area contributed by atoms with Crippen LogP contribution in [-0.2, 0) is 17.9 Å². The van der Waals surface area contributed by atoms with E-state index >= 15 is 0 Å². The normalized spacial score (nSPS) is 10.7. The SMILES string of the molecule is O=C(Cn1cc([N+](=O)[O-])c(-c2cnn(-c3ccccc3)c2)n1)NCc1ccc(Cl)cc1. The van der Waals surface area contributed by atoms with Crippen molar-refractivity contribution in [1.29, 1.82) is 0 Å². The lowest BCUT2D eigenvalue weighted by atomic mass is 10.2. The van der Waals surface area contributed by atoms with Crippen molar-refractivity contribution >= 4 is 23.2 Å². The van der Waals surface area contributed by atoms with Crippen molar-refractivity contribution < 1.29 is 9.72 Å². The molecule has 1 amide bonds. The first-order valence-corrected chi connectivity index (χ1v) is 9.71. The fourth-order valence-electron chi connectivity index (χ4n) is 3.00. The molecular weight excluding hydrogens is 420 g/mol. The van der Waals surface area contributed by atoms with Crippen LogP contribution in [0.3, 0.4) is 0 Å². The highest BCUT2D eigenvalue weighted by Gasteiger charge is 2.23. The Morgan fingerprint density at radius 3 is 2.55 bits per heavy atom. The number of hydrogen-bond donors (Lipinski definition) is 1. The number of hydrogen-bond acceptors (Lipinski definition) is 5. The average Bonchev–Trinajstić information content (AvgIpc) is 3.41. The summed E-state index contributed by atoms with van der Waals surface area (Å²) in [7, 11) is 0. The quantitative estimate of drug-likeness (QED) is 0.351. The van der Waals surface area contributed by atoms with Gasteiger partial charge in [0.2, 0.25) is 5.91 Å². The molecule has 2 aromatic heterocycles. The molecule has 1 N–H and O–H groups in total. The Kier molecular flexibility index (Phi) is 5.76. The van der Waals surface area contributed by atoms with Gasteiger partial charge in [-0.05, 0) is 29.8 Å². The van der Waals surface area contributed by atoms with E-state index in [-0.39, 0.29) is 23.8 Å². The summed E-state index contributed by atoms with van der Waals surface area (Å²) in [6.07, 6.45) is 4.42. The Bertz CT molecular complexity index is 1220. The molecule has 0 fully saturated rings. The van der Waals surface area contributed by atoms with Gasteiger partial charge in [-0.2, -0.15) is 10.2 Å². The Labute approximate surface area is 182 Å². The van der Waals surface area contributed by atoms with E-state index in [1.54, 1.807) is 23.0 Å². The predicted octanol–water partition coefficient (Wildman–Crippen LogP) is 3.61. The van der Waals surface area contributed by atoms with Crippen molar-refractivity contribution in [3.05, 3.63) is 93.9 Å². The number of nitrogens with one attached hydrogen (secondary N) is 1. The Morgan fingerprint density at radius 2 is 1.84 bits per heavy atom. The number of amides is 1. The van der Waals surface area contributed by atoms with E-state index in [0.717, 1.165) is 11.3 Å². The highest BCUT2D eigenvalue weighted by molar-refractivity contribution is 6.30. The van der Waals surface area contributed by atoms with Gasteiger partial charge in [-0.3, -0.25) is 19.6 Å².